The average Bonchev–Trinajstić information content (AvgIpc) is 3.43. The van der Waals surface area contributed by atoms with Crippen molar-refractivity contribution in [2.24, 2.45) is 5.92 Å². The lowest BCUT2D eigenvalue weighted by atomic mass is 10.0. The Bertz CT molecular complexity index is 1090. The number of urea groups is 1. The van der Waals surface area contributed by atoms with Crippen molar-refractivity contribution in [1.82, 2.24) is 24.6 Å². The standard InChI is InChI=1S/C24H30ClN5O2/c1-3-30(24(32)27-10-9-17-7-8-20(31)13-17)16(2)18-5-4-6-19(14-18)21-15-29-12-11-26-23(29)22(25)28-21/h4-6,11-12,14-17,20,31H,3,7-10,13H2,1-2H3,(H,27,32)/t16-,17?,20?/m1/s1. The number of aliphatic hydroxyl groups is 1. The van der Waals surface area contributed by atoms with Gasteiger partial charge in [-0.15, -0.1) is 0 Å². The number of aliphatic hydroxyl groups excluding tert-OH is 1. The maximum atomic E-state index is 12.9. The molecule has 1 fully saturated rings. The third-order valence-electron chi connectivity index (χ3n) is 6.41. The summed E-state index contributed by atoms with van der Waals surface area (Å²) < 4.78 is 1.86. The molecule has 2 aromatic heterocycles. The summed E-state index contributed by atoms with van der Waals surface area (Å²) in [5, 5.41) is 13.1. The molecule has 3 atom stereocenters. The van der Waals surface area contributed by atoms with Crippen molar-refractivity contribution in [3.63, 3.8) is 0 Å². The van der Waals surface area contributed by atoms with E-state index < -0.39 is 0 Å². The maximum Gasteiger partial charge on any atom is 0.317 e. The van der Waals surface area contributed by atoms with Gasteiger partial charge in [0.05, 0.1) is 17.8 Å². The molecule has 0 spiro atoms. The molecule has 32 heavy (non-hydrogen) atoms. The second-order valence-corrected chi connectivity index (χ2v) is 8.87. The van der Waals surface area contributed by atoms with Gasteiger partial charge in [0.2, 0.25) is 0 Å². The lowest BCUT2D eigenvalue weighted by Gasteiger charge is -2.29. The number of halogens is 1. The van der Waals surface area contributed by atoms with Crippen LogP contribution in [0.15, 0.2) is 42.9 Å². The summed E-state index contributed by atoms with van der Waals surface area (Å²) in [7, 11) is 0. The van der Waals surface area contributed by atoms with Crippen LogP contribution in [0.1, 0.15) is 51.1 Å². The van der Waals surface area contributed by atoms with Gasteiger partial charge < -0.3 is 19.7 Å². The number of imidazole rings is 1. The highest BCUT2D eigenvalue weighted by Crippen LogP contribution is 2.29. The Kier molecular flexibility index (Phi) is 6.96. The monoisotopic (exact) mass is 455 g/mol. The Labute approximate surface area is 193 Å². The van der Waals surface area contributed by atoms with Crippen LogP contribution in [0, 0.1) is 5.92 Å². The van der Waals surface area contributed by atoms with E-state index >= 15 is 0 Å². The first kappa shape index (κ1) is 22.6. The van der Waals surface area contributed by atoms with Crippen LogP contribution in [-0.2, 0) is 0 Å². The number of hydrogen-bond acceptors (Lipinski definition) is 4. The Balaban J connectivity index is 1.45. The smallest absolute Gasteiger partial charge is 0.317 e. The number of amides is 2. The minimum atomic E-state index is -0.172. The van der Waals surface area contributed by atoms with Gasteiger partial charge in [0.15, 0.2) is 10.8 Å². The molecule has 7 nitrogen and oxygen atoms in total. The van der Waals surface area contributed by atoms with Crippen molar-refractivity contribution >= 4 is 23.3 Å². The van der Waals surface area contributed by atoms with E-state index in [0.717, 1.165) is 42.5 Å². The summed E-state index contributed by atoms with van der Waals surface area (Å²) >= 11 is 6.30. The van der Waals surface area contributed by atoms with E-state index in [1.54, 1.807) is 6.20 Å². The second-order valence-electron chi connectivity index (χ2n) is 8.52. The molecule has 2 amide bonds. The van der Waals surface area contributed by atoms with Crippen LogP contribution in [-0.4, -0.2) is 49.6 Å². The van der Waals surface area contributed by atoms with Crippen LogP contribution < -0.4 is 5.32 Å². The van der Waals surface area contributed by atoms with E-state index in [1.807, 2.05) is 53.7 Å². The highest BCUT2D eigenvalue weighted by molar-refractivity contribution is 6.32. The molecular weight excluding hydrogens is 426 g/mol. The predicted octanol–water partition coefficient (Wildman–Crippen LogP) is 4.69. The summed E-state index contributed by atoms with van der Waals surface area (Å²) in [5.41, 5.74) is 3.34. The van der Waals surface area contributed by atoms with Crippen molar-refractivity contribution in [1.29, 1.82) is 0 Å². The third kappa shape index (κ3) is 4.89. The number of aromatic nitrogens is 3. The van der Waals surface area contributed by atoms with Crippen LogP contribution in [0.3, 0.4) is 0 Å². The number of nitrogens with one attached hydrogen (secondary N) is 1. The van der Waals surface area contributed by atoms with Crippen molar-refractivity contribution in [2.75, 3.05) is 13.1 Å². The first-order valence-corrected chi connectivity index (χ1v) is 11.7. The van der Waals surface area contributed by atoms with Gasteiger partial charge in [-0.3, -0.25) is 0 Å². The number of carbonyl (C=O) groups excluding carboxylic acids is 1. The fraction of sp³-hybridized carbons (Fsp3) is 0.458. The van der Waals surface area contributed by atoms with Gasteiger partial charge in [0, 0.05) is 37.2 Å². The molecule has 0 bridgehead atoms. The molecule has 2 heterocycles. The zero-order chi connectivity index (χ0) is 22.7. The van der Waals surface area contributed by atoms with Gasteiger partial charge in [-0.1, -0.05) is 29.8 Å². The first-order chi connectivity index (χ1) is 15.5. The molecule has 170 valence electrons. The van der Waals surface area contributed by atoms with Crippen LogP contribution in [0.5, 0.6) is 0 Å². The van der Waals surface area contributed by atoms with Gasteiger partial charge in [0.25, 0.3) is 0 Å². The zero-order valence-electron chi connectivity index (χ0n) is 18.5. The summed E-state index contributed by atoms with van der Waals surface area (Å²) in [4.78, 5) is 23.4. The molecular formula is C24H30ClN5O2. The van der Waals surface area contributed by atoms with Crippen molar-refractivity contribution < 1.29 is 9.90 Å². The minimum Gasteiger partial charge on any atom is -0.393 e. The van der Waals surface area contributed by atoms with E-state index in [9.17, 15) is 9.90 Å². The molecule has 2 N–H and O–H groups in total. The van der Waals surface area contributed by atoms with Gasteiger partial charge >= 0.3 is 6.03 Å². The van der Waals surface area contributed by atoms with Crippen LogP contribution in [0.2, 0.25) is 5.15 Å². The Hall–Kier alpha value is -2.64. The molecule has 8 heteroatoms. The summed E-state index contributed by atoms with van der Waals surface area (Å²) in [6, 6.07) is 7.89. The second kappa shape index (κ2) is 9.88. The van der Waals surface area contributed by atoms with E-state index in [-0.39, 0.29) is 18.2 Å². The quantitative estimate of drug-likeness (QED) is 0.541. The van der Waals surface area contributed by atoms with Crippen LogP contribution >= 0.6 is 11.6 Å². The van der Waals surface area contributed by atoms with E-state index in [2.05, 4.69) is 21.4 Å². The largest absolute Gasteiger partial charge is 0.393 e. The number of rotatable bonds is 7. The molecule has 0 saturated heterocycles. The maximum absolute atomic E-state index is 12.9. The normalized spacial score (nSPS) is 19.2. The lowest BCUT2D eigenvalue weighted by Crippen LogP contribution is -2.42. The minimum absolute atomic E-state index is 0.0649. The number of benzene rings is 1. The first-order valence-electron chi connectivity index (χ1n) is 11.3. The Morgan fingerprint density at radius 1 is 1.41 bits per heavy atom. The number of carbonyl (C=O) groups is 1. The molecule has 1 aromatic carbocycles. The third-order valence-corrected chi connectivity index (χ3v) is 6.66. The summed E-state index contributed by atoms with van der Waals surface area (Å²) in [6.45, 7) is 5.26. The van der Waals surface area contributed by atoms with Crippen molar-refractivity contribution in [2.45, 2.75) is 51.7 Å². The molecule has 1 aliphatic rings. The lowest BCUT2D eigenvalue weighted by molar-refractivity contribution is 0.175. The van der Waals surface area contributed by atoms with Crippen LogP contribution in [0.4, 0.5) is 4.79 Å². The van der Waals surface area contributed by atoms with E-state index in [4.69, 9.17) is 11.6 Å². The fourth-order valence-electron chi connectivity index (χ4n) is 4.56. The van der Waals surface area contributed by atoms with Gasteiger partial charge in [-0.05, 0) is 57.1 Å². The summed E-state index contributed by atoms with van der Waals surface area (Å²) in [6.07, 6.45) is 8.94. The zero-order valence-corrected chi connectivity index (χ0v) is 19.3. The van der Waals surface area contributed by atoms with Gasteiger partial charge in [-0.2, -0.15) is 0 Å². The Morgan fingerprint density at radius 2 is 2.25 bits per heavy atom. The molecule has 4 rings (SSSR count). The molecule has 3 aromatic rings. The molecule has 1 saturated carbocycles. The van der Waals surface area contributed by atoms with Crippen molar-refractivity contribution in [3.8, 4) is 11.3 Å². The summed E-state index contributed by atoms with van der Waals surface area (Å²) in [5.74, 6) is 0.502. The fourth-order valence-corrected chi connectivity index (χ4v) is 4.80. The Morgan fingerprint density at radius 3 is 3.00 bits per heavy atom. The van der Waals surface area contributed by atoms with E-state index in [0.29, 0.717) is 29.8 Å². The molecule has 1 aliphatic carbocycles. The predicted molar refractivity (Wildman–Crippen MR) is 126 cm³/mol. The van der Waals surface area contributed by atoms with Gasteiger partial charge in [0.1, 0.15) is 0 Å². The molecule has 0 radical (unpaired) electrons. The van der Waals surface area contributed by atoms with E-state index in [1.165, 1.54) is 0 Å². The molecule has 0 aliphatic heterocycles. The highest BCUT2D eigenvalue weighted by Gasteiger charge is 2.24. The average molecular weight is 456 g/mol. The number of nitrogens with zero attached hydrogens (tertiary/aromatic N) is 4. The topological polar surface area (TPSA) is 82.8 Å². The SMILES string of the molecule is CCN(C(=O)NCCC1CCC(O)C1)[C@H](C)c1cccc(-c2cn3ccnc3c(Cl)n2)c1. The molecule has 2 unspecified atom stereocenters. The van der Waals surface area contributed by atoms with Crippen molar-refractivity contribution in [3.05, 3.63) is 53.6 Å². The number of hydrogen-bond donors (Lipinski definition) is 2. The van der Waals surface area contributed by atoms with Gasteiger partial charge in [-0.25, -0.2) is 14.8 Å². The van der Waals surface area contributed by atoms with Crippen LogP contribution in [0.25, 0.3) is 16.9 Å². The highest BCUT2D eigenvalue weighted by atomic mass is 35.5. The number of fused-ring (bicyclic) bond motifs is 1.